The lowest BCUT2D eigenvalue weighted by atomic mass is 9.90. The number of carbonyl (C=O) groups is 1. The van der Waals surface area contributed by atoms with Gasteiger partial charge in [-0.3, -0.25) is 4.90 Å². The number of benzene rings is 1. The molecule has 0 bridgehead atoms. The zero-order chi connectivity index (χ0) is 19.3. The highest BCUT2D eigenvalue weighted by molar-refractivity contribution is 14.2. The maximum atomic E-state index is 14.7. The summed E-state index contributed by atoms with van der Waals surface area (Å²) in [6.07, 6.45) is 0.0571. The molecule has 0 aliphatic carbocycles. The summed E-state index contributed by atoms with van der Waals surface area (Å²) in [5.41, 5.74) is 4.96. The Labute approximate surface area is 191 Å². The van der Waals surface area contributed by atoms with Crippen molar-refractivity contribution in [1.29, 1.82) is 0 Å². The van der Waals surface area contributed by atoms with Crippen molar-refractivity contribution in [3.05, 3.63) is 40.8 Å². The summed E-state index contributed by atoms with van der Waals surface area (Å²) in [5.74, 6) is -5.68. The molecular formula is C15H15ClF2I2N2O4S. The van der Waals surface area contributed by atoms with Gasteiger partial charge in [0.1, 0.15) is 17.7 Å². The second-order valence-corrected chi connectivity index (χ2v) is 13.7. The molecule has 0 radical (unpaired) electrons. The Balaban J connectivity index is 0.00000261. The molecule has 4 N–H and O–H groups in total. The molecule has 0 aromatic heterocycles. The Morgan fingerprint density at radius 2 is 1.93 bits per heavy atom. The first-order valence-electron chi connectivity index (χ1n) is 7.42. The van der Waals surface area contributed by atoms with Crippen molar-refractivity contribution < 1.29 is 28.5 Å². The van der Waals surface area contributed by atoms with Gasteiger partial charge in [0.25, 0.3) is 0 Å². The van der Waals surface area contributed by atoms with Crippen molar-refractivity contribution in [2.24, 2.45) is 5.73 Å². The van der Waals surface area contributed by atoms with Gasteiger partial charge in [0.15, 0.2) is 0.760 Å². The lowest BCUT2D eigenvalue weighted by molar-refractivity contribution is -0.157. The van der Waals surface area contributed by atoms with E-state index in [4.69, 9.17) is 10.5 Å². The standard InChI is InChI=1S/C15H14F2I2N2O4S.ClH/c16-10-3-7(21-6-8(5-20)25-13(21)22)4-11(17)12(10)9-1-2-26-15(18,19)14(9,23)24;/h1-4,8-9,23-24H,5-6,20H2;1H/t8-,9?;/m0./s1. The first kappa shape index (κ1) is 23.3. The van der Waals surface area contributed by atoms with E-state index in [-0.39, 0.29) is 31.2 Å². The molecule has 12 heteroatoms. The number of carbonyl (C=O) groups excluding carboxylic acids is 1. The fraction of sp³-hybridized carbons (Fsp3) is 0.400. The maximum absolute atomic E-state index is 14.7. The summed E-state index contributed by atoms with van der Waals surface area (Å²) < 4.78 is 33.3. The molecule has 1 fully saturated rings. The number of halogens is 5. The second-order valence-electron chi connectivity index (χ2n) is 5.84. The van der Waals surface area contributed by atoms with E-state index in [2.05, 4.69) is 0 Å². The number of amides is 1. The van der Waals surface area contributed by atoms with Crippen LogP contribution in [0.5, 0.6) is 0 Å². The summed E-state index contributed by atoms with van der Waals surface area (Å²) in [4.78, 5) is 12.9. The molecule has 0 saturated carbocycles. The number of thioether (sulfide) groups is 1. The second kappa shape index (κ2) is 8.44. The third kappa shape index (κ3) is 4.19. The Morgan fingerprint density at radius 3 is 2.44 bits per heavy atom. The SMILES string of the molecule is Cl.NC[C@H]1CN(c2cc(F)c(C3C=CSC(I)(I)C3(O)O)c(F)c2)C(=O)O1. The molecule has 2 heterocycles. The van der Waals surface area contributed by atoms with Gasteiger partial charge in [-0.1, -0.05) is 6.08 Å². The number of anilines is 1. The number of aliphatic hydroxyl groups is 2. The Morgan fingerprint density at radius 1 is 1.33 bits per heavy atom. The van der Waals surface area contributed by atoms with Gasteiger partial charge < -0.3 is 20.7 Å². The molecule has 1 unspecified atom stereocenters. The summed E-state index contributed by atoms with van der Waals surface area (Å²) in [5, 5.41) is 22.6. The zero-order valence-corrected chi connectivity index (χ0v) is 19.4. The van der Waals surface area contributed by atoms with E-state index in [1.54, 1.807) is 5.41 Å². The monoisotopic (exact) mass is 646 g/mol. The first-order chi connectivity index (χ1) is 12.1. The summed E-state index contributed by atoms with van der Waals surface area (Å²) in [6, 6.07) is 1.96. The molecule has 3 rings (SSSR count). The number of alkyl halides is 2. The number of hydrogen-bond donors (Lipinski definition) is 3. The minimum Gasteiger partial charge on any atom is -0.443 e. The molecule has 1 saturated heterocycles. The van der Waals surface area contributed by atoms with E-state index in [9.17, 15) is 23.8 Å². The van der Waals surface area contributed by atoms with Crippen LogP contribution in [0.2, 0.25) is 0 Å². The quantitative estimate of drug-likeness (QED) is 0.266. The highest BCUT2D eigenvalue weighted by atomic mass is 127. The van der Waals surface area contributed by atoms with E-state index >= 15 is 0 Å². The molecule has 2 atom stereocenters. The van der Waals surface area contributed by atoms with E-state index in [0.29, 0.717) is 0 Å². The van der Waals surface area contributed by atoms with Crippen molar-refractivity contribution in [3.63, 3.8) is 0 Å². The van der Waals surface area contributed by atoms with Crippen molar-refractivity contribution in [1.82, 2.24) is 0 Å². The predicted molar refractivity (Wildman–Crippen MR) is 118 cm³/mol. The molecule has 1 aromatic carbocycles. The highest BCUT2D eigenvalue weighted by Crippen LogP contribution is 2.57. The minimum absolute atomic E-state index is 0. The predicted octanol–water partition coefficient (Wildman–Crippen LogP) is 3.22. The average Bonchev–Trinajstić information content (AvgIpc) is 2.92. The van der Waals surface area contributed by atoms with E-state index < -0.39 is 41.9 Å². The van der Waals surface area contributed by atoms with Crippen LogP contribution in [-0.4, -0.2) is 42.0 Å². The highest BCUT2D eigenvalue weighted by Gasteiger charge is 2.54. The third-order valence-corrected chi connectivity index (χ3v) is 8.18. The molecule has 0 spiro atoms. The number of rotatable bonds is 3. The van der Waals surface area contributed by atoms with Crippen molar-refractivity contribution in [2.75, 3.05) is 18.0 Å². The van der Waals surface area contributed by atoms with Gasteiger partial charge in [0.05, 0.1) is 18.2 Å². The van der Waals surface area contributed by atoms with Gasteiger partial charge in [-0.05, 0) is 62.7 Å². The van der Waals surface area contributed by atoms with E-state index in [1.807, 2.05) is 45.2 Å². The van der Waals surface area contributed by atoms with Crippen LogP contribution in [0, 0.1) is 11.6 Å². The van der Waals surface area contributed by atoms with Gasteiger partial charge in [-0.2, -0.15) is 0 Å². The van der Waals surface area contributed by atoms with Crippen molar-refractivity contribution in [3.8, 4) is 0 Å². The lowest BCUT2D eigenvalue weighted by Crippen LogP contribution is -2.49. The van der Waals surface area contributed by atoms with Crippen LogP contribution in [0.1, 0.15) is 11.5 Å². The number of ether oxygens (including phenoxy) is 1. The van der Waals surface area contributed by atoms with Crippen molar-refractivity contribution >= 4 is 81.1 Å². The minimum atomic E-state index is -2.39. The van der Waals surface area contributed by atoms with Gasteiger partial charge in [0.2, 0.25) is 5.79 Å². The molecule has 150 valence electrons. The number of nitrogens with two attached hydrogens (primary N) is 1. The van der Waals surface area contributed by atoms with Crippen LogP contribution in [0.15, 0.2) is 23.6 Å². The number of nitrogens with zero attached hydrogens (tertiary/aromatic N) is 1. The fourth-order valence-corrected chi connectivity index (χ4v) is 5.04. The topological polar surface area (TPSA) is 96.0 Å². The molecule has 2 aliphatic heterocycles. The Hall–Kier alpha value is 0.0700. The third-order valence-electron chi connectivity index (χ3n) is 4.17. The van der Waals surface area contributed by atoms with Gasteiger partial charge in [-0.15, -0.1) is 24.2 Å². The molecular weight excluding hydrogens is 631 g/mol. The van der Waals surface area contributed by atoms with E-state index in [1.165, 1.54) is 6.08 Å². The normalized spacial score (nSPS) is 25.9. The van der Waals surface area contributed by atoms with Gasteiger partial charge in [0, 0.05) is 12.1 Å². The van der Waals surface area contributed by atoms with Crippen LogP contribution < -0.4 is 10.6 Å². The van der Waals surface area contributed by atoms with E-state index in [0.717, 1.165) is 28.8 Å². The maximum Gasteiger partial charge on any atom is 0.414 e. The summed E-state index contributed by atoms with van der Waals surface area (Å²) >= 11 is 4.77. The molecule has 1 aromatic rings. The lowest BCUT2D eigenvalue weighted by Gasteiger charge is -2.41. The number of hydrogen-bond acceptors (Lipinski definition) is 6. The summed E-state index contributed by atoms with van der Waals surface area (Å²) in [7, 11) is 0. The Bertz CT molecular complexity index is 761. The van der Waals surface area contributed by atoms with Crippen LogP contribution >= 0.6 is 69.4 Å². The largest absolute Gasteiger partial charge is 0.443 e. The zero-order valence-electron chi connectivity index (χ0n) is 13.4. The van der Waals surface area contributed by atoms with Crippen LogP contribution in [0.4, 0.5) is 19.3 Å². The molecule has 27 heavy (non-hydrogen) atoms. The Kier molecular flexibility index (Phi) is 7.30. The molecule has 2 aliphatic rings. The van der Waals surface area contributed by atoms with Gasteiger partial charge in [-0.25, -0.2) is 13.6 Å². The fourth-order valence-electron chi connectivity index (χ4n) is 2.78. The van der Waals surface area contributed by atoms with Crippen molar-refractivity contribution in [2.45, 2.75) is 18.6 Å². The average molecular weight is 647 g/mol. The van der Waals surface area contributed by atoms with Crippen LogP contribution in [0.25, 0.3) is 0 Å². The van der Waals surface area contributed by atoms with Gasteiger partial charge >= 0.3 is 6.09 Å². The molecule has 6 nitrogen and oxygen atoms in total. The summed E-state index contributed by atoms with van der Waals surface area (Å²) in [6.45, 7) is 0.183. The van der Waals surface area contributed by atoms with Crippen LogP contribution in [0.3, 0.4) is 0 Å². The van der Waals surface area contributed by atoms with Crippen LogP contribution in [-0.2, 0) is 4.74 Å². The molecule has 1 amide bonds. The first-order valence-corrected chi connectivity index (χ1v) is 10.5. The number of cyclic esters (lactones) is 1. The smallest absolute Gasteiger partial charge is 0.414 e.